The molecule has 0 spiro atoms. The second kappa shape index (κ2) is 10.1. The van der Waals surface area contributed by atoms with Gasteiger partial charge in [-0.1, -0.05) is 6.07 Å². The first-order valence-electron chi connectivity index (χ1n) is 11.5. The quantitative estimate of drug-likeness (QED) is 0.197. The van der Waals surface area contributed by atoms with Crippen molar-refractivity contribution in [2.24, 2.45) is 5.73 Å². The van der Waals surface area contributed by atoms with Crippen LogP contribution in [0.4, 0.5) is 23.0 Å². The predicted octanol–water partition coefficient (Wildman–Crippen LogP) is 4.11. The van der Waals surface area contributed by atoms with E-state index in [-0.39, 0.29) is 18.0 Å². The number of hydrogen-bond acceptors (Lipinski definition) is 8. The van der Waals surface area contributed by atoms with Crippen LogP contribution in [-0.2, 0) is 0 Å². The van der Waals surface area contributed by atoms with Crippen molar-refractivity contribution in [2.45, 2.75) is 44.7 Å². The number of aromatic nitrogens is 5. The summed E-state index contributed by atoms with van der Waals surface area (Å²) in [5.41, 5.74) is 9.34. The van der Waals surface area contributed by atoms with Gasteiger partial charge in [-0.25, -0.2) is 14.5 Å². The predicted molar refractivity (Wildman–Crippen MR) is 144 cm³/mol. The van der Waals surface area contributed by atoms with Gasteiger partial charge in [0.25, 0.3) is 5.91 Å². The maximum Gasteiger partial charge on any atom is 0.276 e. The summed E-state index contributed by atoms with van der Waals surface area (Å²) in [6.45, 7) is 1.99. The first-order chi connectivity index (χ1) is 16.9. The summed E-state index contributed by atoms with van der Waals surface area (Å²) >= 11 is 2.11. The molecule has 1 saturated carbocycles. The third-order valence-electron chi connectivity index (χ3n) is 5.98. The maximum absolute atomic E-state index is 13.1. The highest BCUT2D eigenvalue weighted by Gasteiger charge is 2.21. The first kappa shape index (κ1) is 23.4. The Hall–Kier alpha value is -3.32. The number of halogens is 1. The van der Waals surface area contributed by atoms with Crippen molar-refractivity contribution < 1.29 is 4.79 Å². The van der Waals surface area contributed by atoms with Crippen molar-refractivity contribution in [2.75, 3.05) is 16.0 Å². The van der Waals surface area contributed by atoms with Crippen LogP contribution in [0.15, 0.2) is 48.9 Å². The second-order valence-corrected chi connectivity index (χ2v) is 9.85. The molecule has 5 N–H and O–H groups in total. The van der Waals surface area contributed by atoms with Gasteiger partial charge in [0.05, 0.1) is 11.9 Å². The SMILES string of the molecule is Cc1ccc(Nc2cc(NC3CCC(N)CC3)nn3c(C(=O)Nc4ccnc(I)c4)cnc23)nc1. The Balaban J connectivity index is 1.49. The van der Waals surface area contributed by atoms with Crippen molar-refractivity contribution >= 4 is 57.2 Å². The van der Waals surface area contributed by atoms with E-state index in [2.05, 4.69) is 53.5 Å². The highest BCUT2D eigenvalue weighted by molar-refractivity contribution is 14.1. The smallest absolute Gasteiger partial charge is 0.276 e. The Morgan fingerprint density at radius 1 is 1.06 bits per heavy atom. The van der Waals surface area contributed by atoms with Crippen LogP contribution in [0.3, 0.4) is 0 Å². The molecule has 0 aromatic carbocycles. The van der Waals surface area contributed by atoms with Crippen molar-refractivity contribution in [3.63, 3.8) is 0 Å². The largest absolute Gasteiger partial charge is 0.366 e. The third-order valence-corrected chi connectivity index (χ3v) is 6.57. The van der Waals surface area contributed by atoms with E-state index in [0.29, 0.717) is 34.4 Å². The van der Waals surface area contributed by atoms with E-state index < -0.39 is 0 Å². The summed E-state index contributed by atoms with van der Waals surface area (Å²) in [5, 5.41) is 14.5. The summed E-state index contributed by atoms with van der Waals surface area (Å²) in [4.78, 5) is 26.3. The van der Waals surface area contributed by atoms with E-state index in [0.717, 1.165) is 34.9 Å². The van der Waals surface area contributed by atoms with Gasteiger partial charge in [0, 0.05) is 36.2 Å². The first-order valence-corrected chi connectivity index (χ1v) is 12.6. The average Bonchev–Trinajstić information content (AvgIpc) is 3.26. The Morgan fingerprint density at radius 2 is 1.89 bits per heavy atom. The molecule has 4 aromatic heterocycles. The van der Waals surface area contributed by atoms with Gasteiger partial charge < -0.3 is 21.7 Å². The number of carbonyl (C=O) groups excluding carboxylic acids is 1. The van der Waals surface area contributed by atoms with Crippen LogP contribution in [-0.4, -0.2) is 42.6 Å². The van der Waals surface area contributed by atoms with E-state index in [1.165, 1.54) is 6.20 Å². The minimum atomic E-state index is -0.313. The highest BCUT2D eigenvalue weighted by atomic mass is 127. The molecule has 4 heterocycles. The molecule has 0 saturated heterocycles. The monoisotopic (exact) mass is 583 g/mol. The van der Waals surface area contributed by atoms with E-state index >= 15 is 0 Å². The molecule has 35 heavy (non-hydrogen) atoms. The molecule has 4 aromatic rings. The minimum absolute atomic E-state index is 0.258. The molecule has 10 nitrogen and oxygen atoms in total. The lowest BCUT2D eigenvalue weighted by molar-refractivity contribution is 0.102. The molecule has 0 aliphatic heterocycles. The number of nitrogens with two attached hydrogens (primary N) is 1. The minimum Gasteiger partial charge on any atom is -0.366 e. The number of pyridine rings is 2. The van der Waals surface area contributed by atoms with E-state index in [1.54, 1.807) is 29.0 Å². The fourth-order valence-corrected chi connectivity index (χ4v) is 4.61. The number of rotatable bonds is 6. The fraction of sp³-hybridized carbons (Fsp3) is 0.292. The Labute approximate surface area is 216 Å². The standard InChI is InChI=1S/C24H26IN9O/c1-14-2-7-21(28-12-14)32-18-11-22(30-16-5-3-15(26)4-6-16)33-34-19(13-29-23(18)34)24(35)31-17-8-9-27-20(25)10-17/h2,7-13,15-16H,3-6,26H2,1H3,(H,28,32)(H,30,33)(H,27,31,35). The fourth-order valence-electron chi connectivity index (χ4n) is 4.11. The summed E-state index contributed by atoms with van der Waals surface area (Å²) in [7, 11) is 0. The van der Waals surface area contributed by atoms with Crippen LogP contribution in [0.2, 0.25) is 0 Å². The van der Waals surface area contributed by atoms with Gasteiger partial charge in [-0.3, -0.25) is 9.78 Å². The van der Waals surface area contributed by atoms with Crippen LogP contribution in [0.5, 0.6) is 0 Å². The average molecular weight is 583 g/mol. The van der Waals surface area contributed by atoms with Crippen molar-refractivity contribution in [3.8, 4) is 0 Å². The zero-order valence-electron chi connectivity index (χ0n) is 19.2. The second-order valence-electron chi connectivity index (χ2n) is 8.75. The molecule has 1 aliphatic carbocycles. The molecule has 0 unspecified atom stereocenters. The maximum atomic E-state index is 13.1. The zero-order chi connectivity index (χ0) is 24.4. The third kappa shape index (κ3) is 5.51. The number of carbonyl (C=O) groups is 1. The lowest BCUT2D eigenvalue weighted by Crippen LogP contribution is -2.33. The highest BCUT2D eigenvalue weighted by Crippen LogP contribution is 2.26. The zero-order valence-corrected chi connectivity index (χ0v) is 21.4. The van der Waals surface area contributed by atoms with Crippen LogP contribution >= 0.6 is 22.6 Å². The van der Waals surface area contributed by atoms with Crippen LogP contribution in [0, 0.1) is 10.6 Å². The number of aryl methyl sites for hydroxylation is 1. The molecule has 5 rings (SSSR count). The molecule has 0 bridgehead atoms. The van der Waals surface area contributed by atoms with E-state index in [1.807, 2.05) is 25.1 Å². The summed E-state index contributed by atoms with van der Waals surface area (Å²) < 4.78 is 2.35. The molecule has 1 aliphatic rings. The van der Waals surface area contributed by atoms with Gasteiger partial charge in [0.15, 0.2) is 11.3 Å². The van der Waals surface area contributed by atoms with Gasteiger partial charge >= 0.3 is 0 Å². The number of amides is 1. The molecule has 0 atom stereocenters. The number of nitrogens with one attached hydrogen (secondary N) is 3. The topological polar surface area (TPSA) is 135 Å². The molecule has 11 heteroatoms. The van der Waals surface area contributed by atoms with Gasteiger partial charge in [0.1, 0.15) is 15.3 Å². The normalized spacial score (nSPS) is 17.8. The molecular weight excluding hydrogens is 557 g/mol. The van der Waals surface area contributed by atoms with E-state index in [4.69, 9.17) is 10.8 Å². The summed E-state index contributed by atoms with van der Waals surface area (Å²) in [6, 6.07) is 9.87. The summed E-state index contributed by atoms with van der Waals surface area (Å²) in [6.07, 6.45) is 8.87. The Bertz CT molecular complexity index is 1350. The van der Waals surface area contributed by atoms with Crippen molar-refractivity contribution in [1.29, 1.82) is 0 Å². The number of imidazole rings is 1. The molecular formula is C24H26IN9O. The number of anilines is 4. The number of nitrogens with zero attached hydrogens (tertiary/aromatic N) is 5. The van der Waals surface area contributed by atoms with Crippen LogP contribution in [0.1, 0.15) is 41.7 Å². The van der Waals surface area contributed by atoms with Gasteiger partial charge in [-0.2, -0.15) is 0 Å². The lowest BCUT2D eigenvalue weighted by Gasteiger charge is -2.27. The lowest BCUT2D eigenvalue weighted by atomic mass is 9.92. The molecule has 180 valence electrons. The summed E-state index contributed by atoms with van der Waals surface area (Å²) in [5.74, 6) is 1.02. The number of fused-ring (bicyclic) bond motifs is 1. The Kier molecular flexibility index (Phi) is 6.77. The van der Waals surface area contributed by atoms with Crippen molar-refractivity contribution in [3.05, 3.63) is 63.9 Å². The number of hydrogen-bond donors (Lipinski definition) is 4. The Morgan fingerprint density at radius 3 is 2.63 bits per heavy atom. The van der Waals surface area contributed by atoms with Crippen molar-refractivity contribution in [1.82, 2.24) is 24.6 Å². The molecule has 0 radical (unpaired) electrons. The van der Waals surface area contributed by atoms with E-state index in [9.17, 15) is 4.79 Å². The van der Waals surface area contributed by atoms with Crippen LogP contribution < -0.4 is 21.7 Å². The molecule has 1 amide bonds. The van der Waals surface area contributed by atoms with Crippen LogP contribution in [0.25, 0.3) is 5.65 Å². The van der Waals surface area contributed by atoms with Gasteiger partial charge in [-0.15, -0.1) is 5.10 Å². The van der Waals surface area contributed by atoms with Gasteiger partial charge in [-0.05, 0) is 79.0 Å². The molecule has 1 fully saturated rings. The van der Waals surface area contributed by atoms with Gasteiger partial charge in [0.2, 0.25) is 0 Å².